The molecule has 1 atom stereocenters. The molecule has 6 nitrogen and oxygen atoms in total. The Balaban J connectivity index is 1.57. The fraction of sp³-hybridized carbons (Fsp3) is 0.929. The van der Waals surface area contributed by atoms with Gasteiger partial charge in [-0.05, 0) is 25.9 Å². The highest BCUT2D eigenvalue weighted by Gasteiger charge is 2.39. The maximum atomic E-state index is 12.4. The average molecular weight is 283 g/mol. The lowest BCUT2D eigenvalue weighted by Gasteiger charge is -2.42. The van der Waals surface area contributed by atoms with Crippen molar-refractivity contribution in [3.8, 4) is 0 Å². The van der Waals surface area contributed by atoms with E-state index in [1.54, 1.807) is 0 Å². The molecule has 3 fully saturated rings. The lowest BCUT2D eigenvalue weighted by Crippen LogP contribution is -2.60. The number of nitrogens with zero attached hydrogens (tertiary/aromatic N) is 2. The number of rotatable bonds is 2. The summed E-state index contributed by atoms with van der Waals surface area (Å²) in [5, 5.41) is 3.34. The number of morpholine rings is 1. The molecule has 0 aromatic rings. The molecule has 0 aromatic heterocycles. The van der Waals surface area contributed by atoms with Gasteiger partial charge in [0.1, 0.15) is 5.60 Å². The second kappa shape index (κ2) is 6.39. The summed E-state index contributed by atoms with van der Waals surface area (Å²) in [7, 11) is 0. The first-order valence-corrected chi connectivity index (χ1v) is 7.70. The molecule has 3 aliphatic rings. The van der Waals surface area contributed by atoms with Crippen LogP contribution in [0, 0.1) is 0 Å². The highest BCUT2D eigenvalue weighted by atomic mass is 16.5. The molecule has 0 bridgehead atoms. The molecule has 0 radical (unpaired) electrons. The van der Waals surface area contributed by atoms with Gasteiger partial charge in [0.25, 0.3) is 0 Å². The Morgan fingerprint density at radius 2 is 2.05 bits per heavy atom. The highest BCUT2D eigenvalue weighted by Crippen LogP contribution is 2.20. The van der Waals surface area contributed by atoms with E-state index in [4.69, 9.17) is 9.47 Å². The molecule has 0 aromatic carbocycles. The van der Waals surface area contributed by atoms with Gasteiger partial charge in [-0.1, -0.05) is 0 Å². The number of carbonyl (C=O) groups excluding carboxylic acids is 1. The zero-order valence-electron chi connectivity index (χ0n) is 12.1. The standard InChI is InChI=1S/C14H25N3O3/c18-13(9-16-4-1-2-5-16)17-6-8-20-14(11-17)10-15-3-7-19-12-14/h15H,1-12H2. The molecule has 1 spiro atoms. The maximum Gasteiger partial charge on any atom is 0.236 e. The molecule has 0 saturated carbocycles. The molecule has 20 heavy (non-hydrogen) atoms. The van der Waals surface area contributed by atoms with Crippen molar-refractivity contribution in [1.82, 2.24) is 15.1 Å². The summed E-state index contributed by atoms with van der Waals surface area (Å²) in [6.07, 6.45) is 2.44. The second-order valence-corrected chi connectivity index (χ2v) is 6.06. The SMILES string of the molecule is O=C(CN1CCCC1)N1CCOC2(CNCCOC2)C1. The van der Waals surface area contributed by atoms with Crippen LogP contribution in [0.5, 0.6) is 0 Å². The first-order chi connectivity index (χ1) is 9.77. The summed E-state index contributed by atoms with van der Waals surface area (Å²) >= 11 is 0. The van der Waals surface area contributed by atoms with Crippen molar-refractivity contribution < 1.29 is 14.3 Å². The third-order valence-corrected chi connectivity index (χ3v) is 4.39. The van der Waals surface area contributed by atoms with E-state index in [-0.39, 0.29) is 11.5 Å². The number of amides is 1. The van der Waals surface area contributed by atoms with Gasteiger partial charge in [-0.3, -0.25) is 9.69 Å². The number of hydrogen-bond donors (Lipinski definition) is 1. The molecule has 6 heteroatoms. The molecule has 1 unspecified atom stereocenters. The first-order valence-electron chi connectivity index (χ1n) is 7.70. The summed E-state index contributed by atoms with van der Waals surface area (Å²) in [6.45, 7) is 7.55. The van der Waals surface area contributed by atoms with E-state index < -0.39 is 0 Å². The van der Waals surface area contributed by atoms with Gasteiger partial charge >= 0.3 is 0 Å². The van der Waals surface area contributed by atoms with Gasteiger partial charge in [0.2, 0.25) is 5.91 Å². The summed E-state index contributed by atoms with van der Waals surface area (Å²) in [4.78, 5) is 16.6. The van der Waals surface area contributed by atoms with E-state index in [0.29, 0.717) is 39.5 Å². The molecule has 114 valence electrons. The lowest BCUT2D eigenvalue weighted by molar-refractivity contribution is -0.158. The largest absolute Gasteiger partial charge is 0.377 e. The van der Waals surface area contributed by atoms with Crippen LogP contribution in [0.25, 0.3) is 0 Å². The van der Waals surface area contributed by atoms with Crippen LogP contribution >= 0.6 is 0 Å². The van der Waals surface area contributed by atoms with Gasteiger partial charge in [-0.15, -0.1) is 0 Å². The third kappa shape index (κ3) is 3.31. The third-order valence-electron chi connectivity index (χ3n) is 4.39. The van der Waals surface area contributed by atoms with Crippen LogP contribution in [0.3, 0.4) is 0 Å². The number of ether oxygens (including phenoxy) is 2. The Bertz CT molecular complexity index is 337. The minimum absolute atomic E-state index is 0.235. The topological polar surface area (TPSA) is 54.0 Å². The molecule has 3 aliphatic heterocycles. The van der Waals surface area contributed by atoms with Gasteiger partial charge in [-0.25, -0.2) is 0 Å². The zero-order chi connectivity index (χ0) is 13.8. The van der Waals surface area contributed by atoms with Crippen molar-refractivity contribution >= 4 is 5.91 Å². The Morgan fingerprint density at radius 1 is 1.20 bits per heavy atom. The lowest BCUT2D eigenvalue weighted by atomic mass is 10.0. The van der Waals surface area contributed by atoms with Crippen LogP contribution in [0.2, 0.25) is 0 Å². The van der Waals surface area contributed by atoms with Crippen LogP contribution in [0.4, 0.5) is 0 Å². The summed E-state index contributed by atoms with van der Waals surface area (Å²) < 4.78 is 11.6. The van der Waals surface area contributed by atoms with Crippen molar-refractivity contribution in [2.45, 2.75) is 18.4 Å². The molecule has 0 aliphatic carbocycles. The van der Waals surface area contributed by atoms with Crippen molar-refractivity contribution in [2.24, 2.45) is 0 Å². The Hall–Kier alpha value is -0.690. The highest BCUT2D eigenvalue weighted by molar-refractivity contribution is 5.78. The fourth-order valence-electron chi connectivity index (χ4n) is 3.25. The Kier molecular flexibility index (Phi) is 4.55. The average Bonchev–Trinajstić information content (AvgIpc) is 2.86. The van der Waals surface area contributed by atoms with Gasteiger partial charge < -0.3 is 19.7 Å². The first kappa shape index (κ1) is 14.3. The van der Waals surface area contributed by atoms with Crippen molar-refractivity contribution in [2.75, 3.05) is 65.6 Å². The van der Waals surface area contributed by atoms with Gasteiger partial charge in [0, 0.05) is 19.6 Å². The van der Waals surface area contributed by atoms with Gasteiger partial charge in [0.05, 0.1) is 32.9 Å². The molecule has 1 amide bonds. The van der Waals surface area contributed by atoms with E-state index >= 15 is 0 Å². The summed E-state index contributed by atoms with van der Waals surface area (Å²) in [5.74, 6) is 0.235. The summed E-state index contributed by atoms with van der Waals surface area (Å²) in [5.41, 5.74) is -0.352. The predicted molar refractivity (Wildman–Crippen MR) is 74.6 cm³/mol. The number of likely N-dealkylation sites (tertiary alicyclic amines) is 1. The van der Waals surface area contributed by atoms with Crippen LogP contribution < -0.4 is 5.32 Å². The Morgan fingerprint density at radius 3 is 2.90 bits per heavy atom. The van der Waals surface area contributed by atoms with E-state index in [0.717, 1.165) is 26.2 Å². The van der Waals surface area contributed by atoms with E-state index in [1.807, 2.05) is 4.90 Å². The van der Waals surface area contributed by atoms with E-state index in [1.165, 1.54) is 12.8 Å². The van der Waals surface area contributed by atoms with E-state index in [9.17, 15) is 4.79 Å². The maximum absolute atomic E-state index is 12.4. The predicted octanol–water partition coefficient (Wildman–Crippen LogP) is -0.700. The monoisotopic (exact) mass is 283 g/mol. The van der Waals surface area contributed by atoms with Crippen molar-refractivity contribution in [3.63, 3.8) is 0 Å². The van der Waals surface area contributed by atoms with Crippen molar-refractivity contribution in [1.29, 1.82) is 0 Å². The normalized spacial score (nSPS) is 32.5. The minimum atomic E-state index is -0.352. The quantitative estimate of drug-likeness (QED) is 0.726. The molecular formula is C14H25N3O3. The molecule has 1 N–H and O–H groups in total. The fourth-order valence-corrected chi connectivity index (χ4v) is 3.25. The van der Waals surface area contributed by atoms with Crippen LogP contribution in [-0.2, 0) is 14.3 Å². The Labute approximate surface area is 120 Å². The molecular weight excluding hydrogens is 258 g/mol. The molecule has 3 rings (SSSR count). The van der Waals surface area contributed by atoms with Crippen molar-refractivity contribution in [3.05, 3.63) is 0 Å². The smallest absolute Gasteiger partial charge is 0.236 e. The van der Waals surface area contributed by atoms with Crippen LogP contribution in [0.1, 0.15) is 12.8 Å². The second-order valence-electron chi connectivity index (χ2n) is 6.06. The van der Waals surface area contributed by atoms with Gasteiger partial charge in [0.15, 0.2) is 0 Å². The number of nitrogens with one attached hydrogen (secondary N) is 1. The van der Waals surface area contributed by atoms with Gasteiger partial charge in [-0.2, -0.15) is 0 Å². The zero-order valence-corrected chi connectivity index (χ0v) is 12.1. The molecule has 3 saturated heterocycles. The summed E-state index contributed by atoms with van der Waals surface area (Å²) in [6, 6.07) is 0. The molecule has 3 heterocycles. The number of hydrogen-bond acceptors (Lipinski definition) is 5. The number of carbonyl (C=O) groups is 1. The van der Waals surface area contributed by atoms with Crippen LogP contribution in [0.15, 0.2) is 0 Å². The minimum Gasteiger partial charge on any atom is -0.377 e. The van der Waals surface area contributed by atoms with Crippen LogP contribution in [-0.4, -0.2) is 86.9 Å². The van der Waals surface area contributed by atoms with E-state index in [2.05, 4.69) is 10.2 Å².